The summed E-state index contributed by atoms with van der Waals surface area (Å²) in [5.41, 5.74) is 5.18. The number of halogens is 1. The summed E-state index contributed by atoms with van der Waals surface area (Å²) >= 11 is 7.64. The molecular weight excluding hydrogens is 444 g/mol. The molecule has 1 aliphatic rings. The number of benzene rings is 1. The molecule has 0 saturated carbocycles. The Morgan fingerprint density at radius 3 is 3.03 bits per heavy atom. The smallest absolute Gasteiger partial charge is 0.233 e. The van der Waals surface area contributed by atoms with Crippen LogP contribution in [0.1, 0.15) is 17.5 Å². The maximum atomic E-state index is 12.8. The lowest BCUT2D eigenvalue weighted by atomic mass is 9.99. The first kappa shape index (κ1) is 20.8. The Labute approximate surface area is 194 Å². The van der Waals surface area contributed by atoms with Gasteiger partial charge < -0.3 is 9.88 Å². The molecule has 32 heavy (non-hydrogen) atoms. The Morgan fingerprint density at radius 1 is 1.31 bits per heavy atom. The number of thioether (sulfide) groups is 1. The Bertz CT molecular complexity index is 1330. The lowest BCUT2D eigenvalue weighted by molar-refractivity contribution is -0.127. The van der Waals surface area contributed by atoms with Crippen molar-refractivity contribution in [3.63, 3.8) is 0 Å². The normalized spacial score (nSPS) is 14.1. The van der Waals surface area contributed by atoms with E-state index in [1.807, 2.05) is 46.9 Å². The number of hydrogen-bond acceptors (Lipinski definition) is 5. The molecular formula is C23H21ClN6OS. The minimum absolute atomic E-state index is 0.0855. The van der Waals surface area contributed by atoms with Gasteiger partial charge in [0.05, 0.1) is 11.4 Å². The van der Waals surface area contributed by atoms with E-state index < -0.39 is 0 Å². The molecule has 1 N–H and O–H groups in total. The fourth-order valence-electron chi connectivity index (χ4n) is 3.81. The zero-order valence-corrected chi connectivity index (χ0v) is 19.0. The number of nitrogens with one attached hydrogen (secondary N) is 1. The van der Waals surface area contributed by atoms with Gasteiger partial charge >= 0.3 is 0 Å². The van der Waals surface area contributed by atoms with Crippen molar-refractivity contribution in [2.24, 2.45) is 0 Å². The van der Waals surface area contributed by atoms with Crippen LogP contribution in [-0.4, -0.2) is 54.4 Å². The number of pyridine rings is 1. The van der Waals surface area contributed by atoms with Gasteiger partial charge in [0.15, 0.2) is 5.16 Å². The summed E-state index contributed by atoms with van der Waals surface area (Å²) in [6.45, 7) is 3.25. The minimum Gasteiger partial charge on any atom is -0.346 e. The average Bonchev–Trinajstić information content (AvgIpc) is 3.46. The molecule has 0 atom stereocenters. The number of carbonyl (C=O) groups is 1. The molecule has 7 nitrogen and oxygen atoms in total. The van der Waals surface area contributed by atoms with Crippen molar-refractivity contribution in [2.75, 3.05) is 18.8 Å². The SMILES string of the molecule is Cc1ccc(-n2cnnc2SCC(=O)N2CC=C(c3c[nH]c4ncccc34)CC2)cc1Cl. The van der Waals surface area contributed by atoms with E-state index in [-0.39, 0.29) is 5.91 Å². The van der Waals surface area contributed by atoms with Crippen LogP contribution in [0.4, 0.5) is 0 Å². The maximum absolute atomic E-state index is 12.8. The summed E-state index contributed by atoms with van der Waals surface area (Å²) in [6, 6.07) is 9.82. The molecule has 0 fully saturated rings. The molecule has 162 valence electrons. The topological polar surface area (TPSA) is 79.7 Å². The lowest BCUT2D eigenvalue weighted by Gasteiger charge is -2.26. The quantitative estimate of drug-likeness (QED) is 0.439. The Morgan fingerprint density at radius 2 is 2.22 bits per heavy atom. The van der Waals surface area contributed by atoms with Gasteiger partial charge in [0.2, 0.25) is 5.91 Å². The van der Waals surface area contributed by atoms with E-state index in [1.165, 1.54) is 22.9 Å². The van der Waals surface area contributed by atoms with E-state index in [9.17, 15) is 4.79 Å². The number of nitrogens with zero attached hydrogens (tertiary/aromatic N) is 5. The van der Waals surface area contributed by atoms with Crippen LogP contribution in [0.5, 0.6) is 0 Å². The van der Waals surface area contributed by atoms with Gasteiger partial charge in [-0.25, -0.2) is 4.98 Å². The molecule has 5 rings (SSSR count). The molecule has 4 aromatic rings. The Balaban J connectivity index is 1.24. The van der Waals surface area contributed by atoms with Crippen LogP contribution in [0.15, 0.2) is 60.3 Å². The van der Waals surface area contributed by atoms with Crippen LogP contribution in [0.3, 0.4) is 0 Å². The van der Waals surface area contributed by atoms with Crippen molar-refractivity contribution in [1.82, 2.24) is 29.6 Å². The van der Waals surface area contributed by atoms with Crippen molar-refractivity contribution in [1.29, 1.82) is 0 Å². The number of aromatic amines is 1. The molecule has 0 spiro atoms. The summed E-state index contributed by atoms with van der Waals surface area (Å²) in [5.74, 6) is 0.390. The van der Waals surface area contributed by atoms with Crippen LogP contribution in [0.25, 0.3) is 22.3 Å². The van der Waals surface area contributed by atoms with E-state index in [0.29, 0.717) is 29.0 Å². The zero-order valence-electron chi connectivity index (χ0n) is 17.5. The van der Waals surface area contributed by atoms with Crippen LogP contribution < -0.4 is 0 Å². The highest BCUT2D eigenvalue weighted by atomic mass is 35.5. The summed E-state index contributed by atoms with van der Waals surface area (Å²) < 4.78 is 1.85. The van der Waals surface area contributed by atoms with Crippen molar-refractivity contribution < 1.29 is 4.79 Å². The highest BCUT2D eigenvalue weighted by Gasteiger charge is 2.20. The zero-order chi connectivity index (χ0) is 22.1. The standard InChI is InChI=1S/C23H21ClN6OS/c1-15-4-5-17(11-20(15)24)30-14-27-28-23(30)32-13-21(31)29-9-6-16(7-10-29)19-12-26-22-18(19)3-2-8-25-22/h2-6,8,11-12,14H,7,9-10,13H2,1H3,(H,25,26). The van der Waals surface area contributed by atoms with Gasteiger partial charge in [-0.3, -0.25) is 9.36 Å². The number of hydrogen-bond donors (Lipinski definition) is 1. The number of aryl methyl sites for hydroxylation is 1. The van der Waals surface area contributed by atoms with E-state index in [1.54, 1.807) is 12.5 Å². The predicted molar refractivity (Wildman–Crippen MR) is 127 cm³/mol. The largest absolute Gasteiger partial charge is 0.346 e. The molecule has 9 heteroatoms. The molecule has 1 aromatic carbocycles. The van der Waals surface area contributed by atoms with Crippen LogP contribution in [0, 0.1) is 6.92 Å². The second-order valence-corrected chi connectivity index (χ2v) is 8.98. The Kier molecular flexibility index (Phi) is 5.71. The van der Waals surface area contributed by atoms with Crippen LogP contribution in [-0.2, 0) is 4.79 Å². The first-order valence-electron chi connectivity index (χ1n) is 10.3. The van der Waals surface area contributed by atoms with E-state index in [0.717, 1.165) is 28.7 Å². The molecule has 0 aliphatic carbocycles. The van der Waals surface area contributed by atoms with Crippen molar-refractivity contribution in [3.8, 4) is 5.69 Å². The molecule has 0 saturated heterocycles. The lowest BCUT2D eigenvalue weighted by Crippen LogP contribution is -2.35. The summed E-state index contributed by atoms with van der Waals surface area (Å²) in [5, 5.41) is 10.7. The number of aromatic nitrogens is 5. The van der Waals surface area contributed by atoms with Crippen LogP contribution in [0.2, 0.25) is 5.02 Å². The van der Waals surface area contributed by atoms with E-state index in [2.05, 4.69) is 32.3 Å². The molecule has 0 unspecified atom stereocenters. The van der Waals surface area contributed by atoms with E-state index in [4.69, 9.17) is 11.6 Å². The third kappa shape index (κ3) is 4.03. The highest BCUT2D eigenvalue weighted by Crippen LogP contribution is 2.29. The monoisotopic (exact) mass is 464 g/mol. The molecule has 3 aromatic heterocycles. The van der Waals surface area contributed by atoms with Crippen molar-refractivity contribution in [2.45, 2.75) is 18.5 Å². The second-order valence-electron chi connectivity index (χ2n) is 7.63. The number of H-pyrrole nitrogens is 1. The third-order valence-corrected chi connectivity index (χ3v) is 6.97. The van der Waals surface area contributed by atoms with Gasteiger partial charge in [0, 0.05) is 41.5 Å². The summed E-state index contributed by atoms with van der Waals surface area (Å²) in [7, 11) is 0. The Hall–Kier alpha value is -3.10. The fraction of sp³-hybridized carbons (Fsp3) is 0.217. The number of rotatable bonds is 5. The first-order chi connectivity index (χ1) is 15.6. The molecule has 1 aliphatic heterocycles. The van der Waals surface area contributed by atoms with Crippen molar-refractivity contribution in [3.05, 3.63) is 71.3 Å². The average molecular weight is 465 g/mol. The predicted octanol–water partition coefficient (Wildman–Crippen LogP) is 4.51. The summed E-state index contributed by atoms with van der Waals surface area (Å²) in [6.07, 6.45) is 8.37. The second kappa shape index (κ2) is 8.80. The van der Waals surface area contributed by atoms with Gasteiger partial charge in [0.25, 0.3) is 0 Å². The highest BCUT2D eigenvalue weighted by molar-refractivity contribution is 7.99. The van der Waals surface area contributed by atoms with Crippen LogP contribution >= 0.6 is 23.4 Å². The number of amides is 1. The third-order valence-electron chi connectivity index (χ3n) is 5.63. The molecule has 1 amide bonds. The maximum Gasteiger partial charge on any atom is 0.233 e. The molecule has 4 heterocycles. The van der Waals surface area contributed by atoms with Gasteiger partial charge in [-0.05, 0) is 48.7 Å². The fourth-order valence-corrected chi connectivity index (χ4v) is 4.82. The van der Waals surface area contributed by atoms with Gasteiger partial charge in [0.1, 0.15) is 12.0 Å². The van der Waals surface area contributed by atoms with Gasteiger partial charge in [-0.1, -0.05) is 35.5 Å². The van der Waals surface area contributed by atoms with Gasteiger partial charge in [-0.2, -0.15) is 0 Å². The van der Waals surface area contributed by atoms with Crippen molar-refractivity contribution >= 4 is 45.9 Å². The van der Waals surface area contributed by atoms with E-state index >= 15 is 0 Å². The molecule has 0 bridgehead atoms. The summed E-state index contributed by atoms with van der Waals surface area (Å²) in [4.78, 5) is 22.3. The number of fused-ring (bicyclic) bond motifs is 1. The van der Waals surface area contributed by atoms with Gasteiger partial charge in [-0.15, -0.1) is 10.2 Å². The first-order valence-corrected chi connectivity index (χ1v) is 11.6. The number of carbonyl (C=O) groups excluding carboxylic acids is 1. The molecule has 0 radical (unpaired) electrons. The minimum atomic E-state index is 0.0855.